The van der Waals surface area contributed by atoms with E-state index in [0.29, 0.717) is 41.5 Å². The van der Waals surface area contributed by atoms with Crippen LogP contribution in [0.25, 0.3) is 11.2 Å². The standard InChI is InChI=1S/C22H28N4O4/c1-14(2)10-24-13-23-20-19(24)21(28)26(22(29)25(20)11-15(3)4)12-18(27)16-7-6-8-17(9-16)30-5/h6-9,13-15H,10-12H2,1-5H3. The Labute approximate surface area is 174 Å². The van der Waals surface area contributed by atoms with Crippen molar-refractivity contribution in [3.63, 3.8) is 0 Å². The van der Waals surface area contributed by atoms with Crippen molar-refractivity contribution in [3.8, 4) is 5.75 Å². The number of nitrogens with zero attached hydrogens (tertiary/aromatic N) is 4. The average molecular weight is 412 g/mol. The van der Waals surface area contributed by atoms with Crippen LogP contribution in [-0.2, 0) is 19.6 Å². The second-order valence-corrected chi connectivity index (χ2v) is 8.30. The monoisotopic (exact) mass is 412 g/mol. The van der Waals surface area contributed by atoms with Crippen LogP contribution in [0, 0.1) is 11.8 Å². The highest BCUT2D eigenvalue weighted by molar-refractivity contribution is 5.96. The van der Waals surface area contributed by atoms with E-state index in [1.807, 2.05) is 27.7 Å². The van der Waals surface area contributed by atoms with E-state index in [2.05, 4.69) is 4.98 Å². The van der Waals surface area contributed by atoms with Crippen molar-refractivity contribution in [3.05, 3.63) is 57.0 Å². The minimum absolute atomic E-state index is 0.168. The summed E-state index contributed by atoms with van der Waals surface area (Å²) in [5.74, 6) is 0.662. The van der Waals surface area contributed by atoms with Gasteiger partial charge in [-0.15, -0.1) is 0 Å². The van der Waals surface area contributed by atoms with E-state index in [1.54, 1.807) is 35.2 Å². The van der Waals surface area contributed by atoms with Crippen LogP contribution in [0.2, 0.25) is 0 Å². The van der Waals surface area contributed by atoms with Gasteiger partial charge in [-0.05, 0) is 24.0 Å². The number of carbonyl (C=O) groups is 1. The number of carbonyl (C=O) groups excluding carboxylic acids is 1. The number of ether oxygens (including phenoxy) is 1. The van der Waals surface area contributed by atoms with Crippen LogP contribution in [0.1, 0.15) is 38.1 Å². The fraction of sp³-hybridized carbons (Fsp3) is 0.455. The van der Waals surface area contributed by atoms with Crippen LogP contribution < -0.4 is 16.0 Å². The van der Waals surface area contributed by atoms with E-state index in [1.165, 1.54) is 11.7 Å². The van der Waals surface area contributed by atoms with Crippen LogP contribution in [0.15, 0.2) is 40.2 Å². The third-order valence-corrected chi connectivity index (χ3v) is 4.79. The zero-order valence-electron chi connectivity index (χ0n) is 18.1. The highest BCUT2D eigenvalue weighted by Crippen LogP contribution is 2.14. The molecule has 0 N–H and O–H groups in total. The molecule has 0 aliphatic carbocycles. The summed E-state index contributed by atoms with van der Waals surface area (Å²) in [6.45, 7) is 8.71. The molecule has 2 aromatic heterocycles. The zero-order valence-corrected chi connectivity index (χ0v) is 18.1. The van der Waals surface area contributed by atoms with Crippen LogP contribution in [0.4, 0.5) is 0 Å². The first-order valence-electron chi connectivity index (χ1n) is 10.1. The summed E-state index contributed by atoms with van der Waals surface area (Å²) in [5.41, 5.74) is 0.0790. The molecule has 0 amide bonds. The third-order valence-electron chi connectivity index (χ3n) is 4.79. The molecule has 0 unspecified atom stereocenters. The topological polar surface area (TPSA) is 88.1 Å². The van der Waals surface area contributed by atoms with Gasteiger partial charge in [-0.2, -0.15) is 0 Å². The molecule has 160 valence electrons. The van der Waals surface area contributed by atoms with Gasteiger partial charge < -0.3 is 9.30 Å². The molecule has 3 aromatic rings. The molecule has 1 aromatic carbocycles. The first kappa shape index (κ1) is 21.5. The first-order chi connectivity index (χ1) is 14.2. The predicted octanol–water partition coefficient (Wildman–Crippen LogP) is 2.56. The molecule has 30 heavy (non-hydrogen) atoms. The van der Waals surface area contributed by atoms with E-state index >= 15 is 0 Å². The molecule has 8 nitrogen and oxygen atoms in total. The van der Waals surface area contributed by atoms with Crippen LogP contribution in [0.3, 0.4) is 0 Å². The molecule has 8 heteroatoms. The maximum atomic E-state index is 13.3. The Kier molecular flexibility index (Phi) is 6.24. The number of methoxy groups -OCH3 is 1. The second kappa shape index (κ2) is 8.69. The molecule has 0 radical (unpaired) electrons. The van der Waals surface area contributed by atoms with E-state index < -0.39 is 11.2 Å². The molecular formula is C22H28N4O4. The lowest BCUT2D eigenvalue weighted by atomic mass is 10.1. The van der Waals surface area contributed by atoms with Crippen LogP contribution >= 0.6 is 0 Å². The number of ketones is 1. The Morgan fingerprint density at radius 1 is 1.07 bits per heavy atom. The minimum Gasteiger partial charge on any atom is -0.497 e. The average Bonchev–Trinajstić information content (AvgIpc) is 3.11. The molecule has 0 saturated heterocycles. The van der Waals surface area contributed by atoms with E-state index in [0.717, 1.165) is 4.57 Å². The largest absolute Gasteiger partial charge is 0.497 e. The second-order valence-electron chi connectivity index (χ2n) is 8.30. The maximum Gasteiger partial charge on any atom is 0.333 e. The van der Waals surface area contributed by atoms with E-state index in [-0.39, 0.29) is 18.2 Å². The lowest BCUT2D eigenvalue weighted by molar-refractivity contribution is 0.0968. The number of fused-ring (bicyclic) bond motifs is 1. The normalized spacial score (nSPS) is 11.6. The molecule has 3 rings (SSSR count). The molecule has 0 aliphatic heterocycles. The molecule has 2 heterocycles. The smallest absolute Gasteiger partial charge is 0.333 e. The Morgan fingerprint density at radius 3 is 2.40 bits per heavy atom. The predicted molar refractivity (Wildman–Crippen MR) is 115 cm³/mol. The number of aromatic nitrogens is 4. The van der Waals surface area contributed by atoms with Crippen molar-refractivity contribution in [2.45, 2.75) is 47.3 Å². The van der Waals surface area contributed by atoms with Crippen molar-refractivity contribution >= 4 is 16.9 Å². The Morgan fingerprint density at radius 2 is 1.77 bits per heavy atom. The number of imidazole rings is 1. The lowest BCUT2D eigenvalue weighted by Crippen LogP contribution is -2.42. The number of hydrogen-bond donors (Lipinski definition) is 0. The van der Waals surface area contributed by atoms with Gasteiger partial charge in [-0.3, -0.25) is 18.7 Å². The van der Waals surface area contributed by atoms with Crippen molar-refractivity contribution in [2.24, 2.45) is 11.8 Å². The third kappa shape index (κ3) is 4.22. The fourth-order valence-electron chi connectivity index (χ4n) is 3.47. The molecule has 0 bridgehead atoms. The summed E-state index contributed by atoms with van der Waals surface area (Å²) in [5, 5.41) is 0. The maximum absolute atomic E-state index is 13.3. The summed E-state index contributed by atoms with van der Waals surface area (Å²) in [4.78, 5) is 43.6. The van der Waals surface area contributed by atoms with Crippen molar-refractivity contribution in [2.75, 3.05) is 7.11 Å². The van der Waals surface area contributed by atoms with Gasteiger partial charge in [0.25, 0.3) is 5.56 Å². The first-order valence-corrected chi connectivity index (χ1v) is 10.1. The highest BCUT2D eigenvalue weighted by atomic mass is 16.5. The number of Topliss-reactive ketones (excluding diaryl/α,β-unsaturated/α-hetero) is 1. The van der Waals surface area contributed by atoms with Gasteiger partial charge in [0.15, 0.2) is 16.9 Å². The molecule has 0 aliphatic rings. The Bertz CT molecular complexity index is 1180. The Hall–Kier alpha value is -3.16. The van der Waals surface area contributed by atoms with Crippen molar-refractivity contribution in [1.82, 2.24) is 18.7 Å². The summed E-state index contributed by atoms with van der Waals surface area (Å²) in [6, 6.07) is 6.67. The number of benzene rings is 1. The van der Waals surface area contributed by atoms with Crippen molar-refractivity contribution < 1.29 is 9.53 Å². The molecular weight excluding hydrogens is 384 g/mol. The summed E-state index contributed by atoms with van der Waals surface area (Å²) in [6.07, 6.45) is 1.59. The zero-order chi connectivity index (χ0) is 22.0. The van der Waals surface area contributed by atoms with Crippen LogP contribution in [0.5, 0.6) is 5.75 Å². The molecule has 0 spiro atoms. The van der Waals surface area contributed by atoms with Gasteiger partial charge in [-0.1, -0.05) is 39.8 Å². The van der Waals surface area contributed by atoms with E-state index in [4.69, 9.17) is 4.74 Å². The SMILES string of the molecule is COc1cccc(C(=O)Cn2c(=O)c3c(ncn3CC(C)C)n(CC(C)C)c2=O)c1. The summed E-state index contributed by atoms with van der Waals surface area (Å²) in [7, 11) is 1.52. The van der Waals surface area contributed by atoms with Crippen LogP contribution in [-0.4, -0.2) is 31.6 Å². The Balaban J connectivity index is 2.16. The van der Waals surface area contributed by atoms with Crippen molar-refractivity contribution in [1.29, 1.82) is 0 Å². The number of rotatable bonds is 8. The molecule has 0 saturated carbocycles. The van der Waals surface area contributed by atoms with Gasteiger partial charge in [0, 0.05) is 18.7 Å². The van der Waals surface area contributed by atoms with E-state index in [9.17, 15) is 14.4 Å². The summed E-state index contributed by atoms with van der Waals surface area (Å²) < 4.78 is 9.45. The molecule has 0 fully saturated rings. The van der Waals surface area contributed by atoms with Gasteiger partial charge >= 0.3 is 5.69 Å². The number of hydrogen-bond acceptors (Lipinski definition) is 5. The van der Waals surface area contributed by atoms with Gasteiger partial charge in [-0.25, -0.2) is 9.78 Å². The highest BCUT2D eigenvalue weighted by Gasteiger charge is 2.21. The molecule has 0 atom stereocenters. The fourth-order valence-corrected chi connectivity index (χ4v) is 3.47. The lowest BCUT2D eigenvalue weighted by Gasteiger charge is -2.14. The summed E-state index contributed by atoms with van der Waals surface area (Å²) >= 11 is 0. The minimum atomic E-state index is -0.521. The van der Waals surface area contributed by atoms with Gasteiger partial charge in [0.05, 0.1) is 20.0 Å². The quantitative estimate of drug-likeness (QED) is 0.531. The van der Waals surface area contributed by atoms with Gasteiger partial charge in [0.1, 0.15) is 5.75 Å². The van der Waals surface area contributed by atoms with Gasteiger partial charge in [0.2, 0.25) is 0 Å².